The van der Waals surface area contributed by atoms with Crippen molar-refractivity contribution >= 4 is 23.3 Å². The van der Waals surface area contributed by atoms with E-state index in [4.69, 9.17) is 4.74 Å². The predicted octanol–water partition coefficient (Wildman–Crippen LogP) is 4.30. The molecule has 0 fully saturated rings. The molecule has 9 nitrogen and oxygen atoms in total. The first-order chi connectivity index (χ1) is 18.1. The highest BCUT2D eigenvalue weighted by Gasteiger charge is 2.71. The molecule has 0 spiro atoms. The summed E-state index contributed by atoms with van der Waals surface area (Å²) in [5.41, 5.74) is -6.12. The molecule has 0 heterocycles. The highest BCUT2D eigenvalue weighted by molar-refractivity contribution is 6.25. The highest BCUT2D eigenvalue weighted by Crippen LogP contribution is 2.65. The molecule has 0 amide bonds. The van der Waals surface area contributed by atoms with Crippen LogP contribution in [0.15, 0.2) is 34.8 Å². The van der Waals surface area contributed by atoms with Crippen molar-refractivity contribution in [2.24, 2.45) is 22.7 Å². The molecule has 0 aliphatic heterocycles. The fraction of sp³-hybridized carbons (Fsp3) is 0.533. The van der Waals surface area contributed by atoms with Gasteiger partial charge in [-0.2, -0.15) is 0 Å². The van der Waals surface area contributed by atoms with Crippen LogP contribution in [0.4, 0.5) is 0 Å². The average molecular weight is 541 g/mol. The summed E-state index contributed by atoms with van der Waals surface area (Å²) >= 11 is 0. The van der Waals surface area contributed by atoms with Crippen LogP contribution in [0.3, 0.4) is 0 Å². The number of aliphatic hydroxyl groups is 3. The summed E-state index contributed by atoms with van der Waals surface area (Å²) in [7, 11) is 0. The van der Waals surface area contributed by atoms with Crippen molar-refractivity contribution in [3.63, 3.8) is 0 Å². The first-order valence-corrected chi connectivity index (χ1v) is 13.3. The minimum Gasteiger partial charge on any atom is -0.511 e. The van der Waals surface area contributed by atoms with Crippen molar-refractivity contribution in [2.45, 2.75) is 72.8 Å². The molecule has 1 aromatic carbocycles. The topological polar surface area (TPSA) is 158 Å². The maximum Gasteiger partial charge on any atom is 0.338 e. The second-order valence-corrected chi connectivity index (χ2v) is 11.9. The van der Waals surface area contributed by atoms with Gasteiger partial charge in [0.1, 0.15) is 22.8 Å². The number of ketones is 3. The lowest BCUT2D eigenvalue weighted by molar-refractivity contribution is -0.171. The lowest BCUT2D eigenvalue weighted by Crippen LogP contribution is -2.67. The average Bonchev–Trinajstić information content (AvgIpc) is 2.81. The molecule has 0 radical (unpaired) electrons. The molecule has 210 valence electrons. The van der Waals surface area contributed by atoms with Crippen LogP contribution in [0.1, 0.15) is 87.1 Å². The molecule has 0 aromatic heterocycles. The number of hydrogen-bond acceptors (Lipinski definition) is 9. The SMILES string of the molecule is CCCCOC(=O)c1ccc(O)c2c1C[C@]1(C)C[C@]3(C)C(C(C)C)C(O)=C(C(C)=O)C(=O)[C@]3(O)C(O)=C1C2=O. The Morgan fingerprint density at radius 1 is 1.13 bits per heavy atom. The van der Waals surface area contributed by atoms with E-state index in [9.17, 15) is 39.6 Å². The van der Waals surface area contributed by atoms with Gasteiger partial charge in [-0.05, 0) is 49.8 Å². The number of carbonyl (C=O) groups excluding carboxylic acids is 4. The van der Waals surface area contributed by atoms with Gasteiger partial charge in [-0.15, -0.1) is 0 Å². The van der Waals surface area contributed by atoms with Gasteiger partial charge in [-0.25, -0.2) is 4.79 Å². The van der Waals surface area contributed by atoms with Gasteiger partial charge >= 0.3 is 5.97 Å². The predicted molar refractivity (Wildman–Crippen MR) is 140 cm³/mol. The van der Waals surface area contributed by atoms with Gasteiger partial charge < -0.3 is 25.2 Å². The Labute approximate surface area is 227 Å². The number of carbonyl (C=O) groups is 4. The van der Waals surface area contributed by atoms with E-state index >= 15 is 0 Å². The van der Waals surface area contributed by atoms with Crippen molar-refractivity contribution in [1.82, 2.24) is 0 Å². The van der Waals surface area contributed by atoms with Crippen LogP contribution in [-0.4, -0.2) is 56.0 Å². The third-order valence-corrected chi connectivity index (χ3v) is 8.84. The molecule has 0 saturated heterocycles. The zero-order chi connectivity index (χ0) is 29.2. The third-order valence-electron chi connectivity index (χ3n) is 8.84. The molecule has 4 rings (SSSR count). The van der Waals surface area contributed by atoms with Gasteiger partial charge in [0, 0.05) is 22.3 Å². The zero-order valence-electron chi connectivity index (χ0n) is 23.2. The number of allylic oxidation sites excluding steroid dienone is 2. The molecule has 39 heavy (non-hydrogen) atoms. The minimum atomic E-state index is -2.68. The van der Waals surface area contributed by atoms with Crippen LogP contribution in [-0.2, 0) is 20.7 Å². The summed E-state index contributed by atoms with van der Waals surface area (Å²) in [6.45, 7) is 10.0. The number of Topliss-reactive ketones (excluding diaryl/α,β-unsaturated/α-hetero) is 3. The van der Waals surface area contributed by atoms with Crippen molar-refractivity contribution < 1.29 is 44.3 Å². The molecule has 1 unspecified atom stereocenters. The number of rotatable bonds is 6. The highest BCUT2D eigenvalue weighted by atomic mass is 16.5. The number of aromatic hydroxyl groups is 1. The van der Waals surface area contributed by atoms with Gasteiger partial charge in [0.25, 0.3) is 0 Å². The Morgan fingerprint density at radius 2 is 1.77 bits per heavy atom. The van der Waals surface area contributed by atoms with E-state index in [0.717, 1.165) is 13.3 Å². The smallest absolute Gasteiger partial charge is 0.338 e. The van der Waals surface area contributed by atoms with E-state index in [1.165, 1.54) is 12.1 Å². The fourth-order valence-corrected chi connectivity index (χ4v) is 7.31. The third kappa shape index (κ3) is 3.77. The Hall–Kier alpha value is -3.46. The van der Waals surface area contributed by atoms with Gasteiger partial charge in [-0.3, -0.25) is 14.4 Å². The van der Waals surface area contributed by atoms with Gasteiger partial charge in [0.05, 0.1) is 17.7 Å². The quantitative estimate of drug-likeness (QED) is 0.234. The summed E-state index contributed by atoms with van der Waals surface area (Å²) in [5.74, 6) is -6.47. The number of phenols is 1. The van der Waals surface area contributed by atoms with E-state index in [1.54, 1.807) is 27.7 Å². The standard InChI is InChI=1S/C30H36O9/c1-7-8-11-39-27(37)16-9-10-18(32)20-17(16)12-28(5)13-29(6)21(14(2)3)23(33)19(15(4)31)25(35)30(29,38)26(36)22(28)24(20)34/h9-10,14,21,32-33,36,38H,7-8,11-13H2,1-6H3/t21?,28-,29-,30+/m1/s1. The van der Waals surface area contributed by atoms with E-state index in [-0.39, 0.29) is 47.6 Å². The normalized spacial score (nSPS) is 30.2. The Kier molecular flexibility index (Phi) is 6.83. The molecule has 3 aliphatic carbocycles. The van der Waals surface area contributed by atoms with Crippen LogP contribution >= 0.6 is 0 Å². The van der Waals surface area contributed by atoms with Crippen LogP contribution in [0.5, 0.6) is 5.75 Å². The first-order valence-electron chi connectivity index (χ1n) is 13.3. The van der Waals surface area contributed by atoms with E-state index in [1.807, 2.05) is 6.92 Å². The Bertz CT molecular complexity index is 1370. The molecule has 9 heteroatoms. The van der Waals surface area contributed by atoms with Crippen LogP contribution < -0.4 is 0 Å². The summed E-state index contributed by atoms with van der Waals surface area (Å²) in [5, 5.41) is 45.5. The number of ether oxygens (including phenoxy) is 1. The molecule has 0 saturated carbocycles. The lowest BCUT2D eigenvalue weighted by atomic mass is 9.44. The molecular weight excluding hydrogens is 504 g/mol. The molecule has 4 N–H and O–H groups in total. The molecule has 4 atom stereocenters. The van der Waals surface area contributed by atoms with E-state index in [2.05, 4.69) is 0 Å². The van der Waals surface area contributed by atoms with Gasteiger partial charge in [0.2, 0.25) is 5.78 Å². The number of esters is 1. The van der Waals surface area contributed by atoms with E-state index in [0.29, 0.717) is 6.42 Å². The minimum absolute atomic E-state index is 0.00873. The van der Waals surface area contributed by atoms with Gasteiger partial charge in [0.15, 0.2) is 17.2 Å². The Balaban J connectivity index is 1.98. The summed E-state index contributed by atoms with van der Waals surface area (Å²) in [6.07, 6.45) is 1.43. The molecule has 3 aliphatic rings. The fourth-order valence-electron chi connectivity index (χ4n) is 7.31. The number of phenolic OH excluding ortho intramolecular Hbond substituents is 1. The van der Waals surface area contributed by atoms with Crippen LogP contribution in [0.2, 0.25) is 0 Å². The summed E-state index contributed by atoms with van der Waals surface area (Å²) in [4.78, 5) is 53.1. The summed E-state index contributed by atoms with van der Waals surface area (Å²) in [6, 6.07) is 2.59. The maximum absolute atomic E-state index is 14.0. The van der Waals surface area contributed by atoms with Crippen molar-refractivity contribution in [1.29, 1.82) is 0 Å². The largest absolute Gasteiger partial charge is 0.511 e. The van der Waals surface area contributed by atoms with Crippen LogP contribution in [0.25, 0.3) is 0 Å². The number of fused-ring (bicyclic) bond motifs is 3. The van der Waals surface area contributed by atoms with E-state index < -0.39 is 68.5 Å². The zero-order valence-corrected chi connectivity index (χ0v) is 23.2. The first kappa shape index (κ1) is 28.5. The van der Waals surface area contributed by atoms with Crippen molar-refractivity contribution in [3.05, 3.63) is 51.5 Å². The van der Waals surface area contributed by atoms with Crippen molar-refractivity contribution in [3.8, 4) is 5.75 Å². The van der Waals surface area contributed by atoms with Crippen LogP contribution in [0, 0.1) is 22.7 Å². The summed E-state index contributed by atoms with van der Waals surface area (Å²) < 4.78 is 5.38. The number of benzene rings is 1. The van der Waals surface area contributed by atoms with Crippen molar-refractivity contribution in [2.75, 3.05) is 6.61 Å². The van der Waals surface area contributed by atoms with Gasteiger partial charge in [-0.1, -0.05) is 41.0 Å². The number of unbranched alkanes of at least 4 members (excludes halogenated alkanes) is 1. The number of hydrogen-bond donors (Lipinski definition) is 4. The number of aliphatic hydroxyl groups excluding tert-OH is 2. The Morgan fingerprint density at radius 3 is 2.33 bits per heavy atom. The monoisotopic (exact) mass is 540 g/mol. The molecule has 1 aromatic rings. The maximum atomic E-state index is 14.0. The molecule has 0 bridgehead atoms. The molecular formula is C30H36O9. The second kappa shape index (κ2) is 9.33. The lowest BCUT2D eigenvalue weighted by Gasteiger charge is -2.59. The second-order valence-electron chi connectivity index (χ2n) is 11.9.